The van der Waals surface area contributed by atoms with E-state index in [1.807, 2.05) is 17.9 Å². The van der Waals surface area contributed by atoms with Crippen molar-refractivity contribution in [1.82, 2.24) is 0 Å². The van der Waals surface area contributed by atoms with Crippen LogP contribution in [0.4, 0.5) is 10.1 Å². The third kappa shape index (κ3) is 3.51. The van der Waals surface area contributed by atoms with Gasteiger partial charge in [0.1, 0.15) is 11.6 Å². The molecule has 0 aliphatic carbocycles. The molecule has 0 aromatic heterocycles. The molecule has 0 unspecified atom stereocenters. The van der Waals surface area contributed by atoms with E-state index in [9.17, 15) is 4.39 Å². The van der Waals surface area contributed by atoms with E-state index in [0.29, 0.717) is 12.1 Å². The van der Waals surface area contributed by atoms with Crippen molar-refractivity contribution in [2.45, 2.75) is 13.5 Å². The summed E-state index contributed by atoms with van der Waals surface area (Å²) in [6.07, 6.45) is 0. The van der Waals surface area contributed by atoms with E-state index in [2.05, 4.69) is 6.07 Å². The van der Waals surface area contributed by atoms with Crippen LogP contribution in [0.3, 0.4) is 0 Å². The molecule has 0 N–H and O–H groups in total. The number of methoxy groups -OCH3 is 1. The Morgan fingerprint density at radius 1 is 1.24 bits per heavy atom. The van der Waals surface area contributed by atoms with Gasteiger partial charge in [0.15, 0.2) is 0 Å². The summed E-state index contributed by atoms with van der Waals surface area (Å²) in [4.78, 5) is 2.03. The quantitative estimate of drug-likeness (QED) is 0.839. The van der Waals surface area contributed by atoms with Crippen molar-refractivity contribution in [3.63, 3.8) is 0 Å². The lowest BCUT2D eigenvalue weighted by Gasteiger charge is -2.24. The van der Waals surface area contributed by atoms with Crippen molar-refractivity contribution in [3.8, 4) is 11.8 Å². The van der Waals surface area contributed by atoms with Crippen LogP contribution < -0.4 is 9.64 Å². The molecule has 0 bridgehead atoms. The molecule has 0 atom stereocenters. The van der Waals surface area contributed by atoms with Crippen LogP contribution in [0, 0.1) is 17.1 Å². The first-order valence-corrected chi connectivity index (χ1v) is 6.75. The predicted octanol–water partition coefficient (Wildman–Crippen LogP) is 3.73. The smallest absolute Gasteiger partial charge is 0.125 e. The SMILES string of the molecule is CCN(Cc1cc(C#N)ccc1OC)c1cccc(F)c1. The first-order chi connectivity index (χ1) is 10.2. The van der Waals surface area contributed by atoms with Crippen molar-refractivity contribution >= 4 is 5.69 Å². The zero-order valence-corrected chi connectivity index (χ0v) is 12.1. The van der Waals surface area contributed by atoms with E-state index in [1.165, 1.54) is 12.1 Å². The van der Waals surface area contributed by atoms with Gasteiger partial charge in [-0.05, 0) is 43.3 Å². The summed E-state index contributed by atoms with van der Waals surface area (Å²) < 4.78 is 18.7. The molecule has 0 heterocycles. The van der Waals surface area contributed by atoms with E-state index in [4.69, 9.17) is 10.00 Å². The van der Waals surface area contributed by atoms with Gasteiger partial charge in [-0.2, -0.15) is 5.26 Å². The summed E-state index contributed by atoms with van der Waals surface area (Å²) in [6.45, 7) is 3.29. The van der Waals surface area contributed by atoms with Crippen LogP contribution in [0.15, 0.2) is 42.5 Å². The standard InChI is InChI=1S/C17H17FN2O/c1-3-20(16-6-4-5-15(18)10-16)12-14-9-13(11-19)7-8-17(14)21-2/h4-10H,3,12H2,1-2H3. The lowest BCUT2D eigenvalue weighted by atomic mass is 10.1. The lowest BCUT2D eigenvalue weighted by Crippen LogP contribution is -2.22. The van der Waals surface area contributed by atoms with Crippen LogP contribution in [-0.4, -0.2) is 13.7 Å². The first kappa shape index (κ1) is 14.9. The fourth-order valence-corrected chi connectivity index (χ4v) is 2.24. The maximum atomic E-state index is 13.4. The van der Waals surface area contributed by atoms with Crippen LogP contribution in [-0.2, 0) is 6.54 Å². The second-order valence-corrected chi connectivity index (χ2v) is 4.63. The molecule has 3 nitrogen and oxygen atoms in total. The largest absolute Gasteiger partial charge is 0.496 e. The lowest BCUT2D eigenvalue weighted by molar-refractivity contribution is 0.409. The van der Waals surface area contributed by atoms with Gasteiger partial charge in [0.05, 0.1) is 18.7 Å². The number of ether oxygens (including phenoxy) is 1. The average Bonchev–Trinajstić information content (AvgIpc) is 2.52. The molecule has 0 saturated heterocycles. The Balaban J connectivity index is 2.32. The maximum absolute atomic E-state index is 13.4. The number of anilines is 1. The molecule has 0 aliphatic rings. The number of halogens is 1. The zero-order chi connectivity index (χ0) is 15.2. The molecule has 0 radical (unpaired) electrons. The molecule has 108 valence electrons. The number of rotatable bonds is 5. The highest BCUT2D eigenvalue weighted by Crippen LogP contribution is 2.24. The predicted molar refractivity (Wildman–Crippen MR) is 80.8 cm³/mol. The van der Waals surface area contributed by atoms with Crippen molar-refractivity contribution in [1.29, 1.82) is 5.26 Å². The summed E-state index contributed by atoms with van der Waals surface area (Å²) in [7, 11) is 1.60. The van der Waals surface area contributed by atoms with Crippen LogP contribution in [0.5, 0.6) is 5.75 Å². The highest BCUT2D eigenvalue weighted by atomic mass is 19.1. The third-order valence-electron chi connectivity index (χ3n) is 3.33. The van der Waals surface area contributed by atoms with Crippen molar-refractivity contribution in [2.75, 3.05) is 18.6 Å². The minimum atomic E-state index is -0.260. The number of nitrogens with zero attached hydrogens (tertiary/aromatic N) is 2. The van der Waals surface area contributed by atoms with E-state index < -0.39 is 0 Å². The van der Waals surface area contributed by atoms with Gasteiger partial charge in [-0.1, -0.05) is 6.07 Å². The zero-order valence-electron chi connectivity index (χ0n) is 12.1. The highest BCUT2D eigenvalue weighted by molar-refractivity contribution is 5.50. The molecule has 0 aliphatic heterocycles. The second-order valence-electron chi connectivity index (χ2n) is 4.63. The Kier molecular flexibility index (Phi) is 4.78. The molecule has 0 fully saturated rings. The highest BCUT2D eigenvalue weighted by Gasteiger charge is 2.11. The van der Waals surface area contributed by atoms with Crippen LogP contribution >= 0.6 is 0 Å². The van der Waals surface area contributed by atoms with E-state index >= 15 is 0 Å². The minimum Gasteiger partial charge on any atom is -0.496 e. The van der Waals surface area contributed by atoms with Crippen molar-refractivity contribution in [3.05, 3.63) is 59.4 Å². The molecule has 0 saturated carbocycles. The Hall–Kier alpha value is -2.54. The van der Waals surface area contributed by atoms with E-state index in [1.54, 1.807) is 31.4 Å². The fraction of sp³-hybridized carbons (Fsp3) is 0.235. The minimum absolute atomic E-state index is 0.260. The monoisotopic (exact) mass is 284 g/mol. The molecular formula is C17H17FN2O. The van der Waals surface area contributed by atoms with Crippen LogP contribution in [0.25, 0.3) is 0 Å². The Morgan fingerprint density at radius 2 is 2.05 bits per heavy atom. The van der Waals surface area contributed by atoms with Gasteiger partial charge in [0, 0.05) is 24.3 Å². The molecular weight excluding hydrogens is 267 g/mol. The number of nitriles is 1. The average molecular weight is 284 g/mol. The first-order valence-electron chi connectivity index (χ1n) is 6.75. The Morgan fingerprint density at radius 3 is 2.67 bits per heavy atom. The van der Waals surface area contributed by atoms with Gasteiger partial charge >= 0.3 is 0 Å². The Labute approximate surface area is 124 Å². The summed E-state index contributed by atoms with van der Waals surface area (Å²) in [6, 6.07) is 13.9. The van der Waals surface area contributed by atoms with Gasteiger partial charge in [0.2, 0.25) is 0 Å². The van der Waals surface area contributed by atoms with E-state index in [-0.39, 0.29) is 5.82 Å². The normalized spacial score (nSPS) is 10.0. The molecule has 4 heteroatoms. The molecule has 2 aromatic carbocycles. The maximum Gasteiger partial charge on any atom is 0.125 e. The van der Waals surface area contributed by atoms with Gasteiger partial charge in [-0.15, -0.1) is 0 Å². The molecule has 2 rings (SSSR count). The summed E-state index contributed by atoms with van der Waals surface area (Å²) >= 11 is 0. The van der Waals surface area contributed by atoms with Crippen LogP contribution in [0.2, 0.25) is 0 Å². The molecule has 2 aromatic rings. The molecule has 21 heavy (non-hydrogen) atoms. The van der Waals surface area contributed by atoms with Gasteiger partial charge in [0.25, 0.3) is 0 Å². The van der Waals surface area contributed by atoms with Gasteiger partial charge < -0.3 is 9.64 Å². The molecule has 0 amide bonds. The van der Waals surface area contributed by atoms with Gasteiger partial charge in [-0.3, -0.25) is 0 Å². The number of hydrogen-bond acceptors (Lipinski definition) is 3. The second kappa shape index (κ2) is 6.76. The molecule has 0 spiro atoms. The summed E-state index contributed by atoms with van der Waals surface area (Å²) in [5.41, 5.74) is 2.30. The van der Waals surface area contributed by atoms with Crippen molar-refractivity contribution < 1.29 is 9.13 Å². The van der Waals surface area contributed by atoms with Gasteiger partial charge in [-0.25, -0.2) is 4.39 Å². The fourth-order valence-electron chi connectivity index (χ4n) is 2.24. The summed E-state index contributed by atoms with van der Waals surface area (Å²) in [5.74, 6) is 0.465. The number of benzene rings is 2. The van der Waals surface area contributed by atoms with Crippen LogP contribution in [0.1, 0.15) is 18.1 Å². The summed E-state index contributed by atoms with van der Waals surface area (Å²) in [5, 5.41) is 9.02. The van der Waals surface area contributed by atoms with Crippen molar-refractivity contribution in [2.24, 2.45) is 0 Å². The van der Waals surface area contributed by atoms with E-state index in [0.717, 1.165) is 23.5 Å². The number of hydrogen-bond donors (Lipinski definition) is 0. The third-order valence-corrected chi connectivity index (χ3v) is 3.33. The topological polar surface area (TPSA) is 36.3 Å². The Bertz CT molecular complexity index is 664.